The number of carbonyl (C=O) groups is 1. The van der Waals surface area contributed by atoms with Crippen molar-refractivity contribution in [1.82, 2.24) is 10.3 Å². The van der Waals surface area contributed by atoms with Gasteiger partial charge >= 0.3 is 0 Å². The molecular weight excluding hydrogens is 259 g/mol. The molecule has 1 heterocycles. The van der Waals surface area contributed by atoms with E-state index in [9.17, 15) is 9.18 Å². The Morgan fingerprint density at radius 1 is 1.35 bits per heavy atom. The highest BCUT2D eigenvalue weighted by atomic mass is 19.1. The second-order valence-electron chi connectivity index (χ2n) is 4.13. The van der Waals surface area contributed by atoms with E-state index in [4.69, 9.17) is 4.74 Å². The van der Waals surface area contributed by atoms with E-state index in [1.807, 2.05) is 6.92 Å². The Morgan fingerprint density at radius 3 is 2.85 bits per heavy atom. The monoisotopic (exact) mass is 274 g/mol. The van der Waals surface area contributed by atoms with Crippen molar-refractivity contribution in [2.24, 2.45) is 0 Å². The summed E-state index contributed by atoms with van der Waals surface area (Å²) >= 11 is 0. The fourth-order valence-electron chi connectivity index (χ4n) is 1.86. The SMILES string of the molecule is CCNC(=O)c1ccnc(-c2cc(F)ccc2OC)c1. The zero-order valence-electron chi connectivity index (χ0n) is 11.3. The van der Waals surface area contributed by atoms with Crippen LogP contribution in [0.15, 0.2) is 36.5 Å². The Bertz CT molecular complexity index is 629. The van der Waals surface area contributed by atoms with Crippen molar-refractivity contribution in [3.63, 3.8) is 0 Å². The van der Waals surface area contributed by atoms with Crippen LogP contribution < -0.4 is 10.1 Å². The van der Waals surface area contributed by atoms with Crippen molar-refractivity contribution < 1.29 is 13.9 Å². The first-order valence-corrected chi connectivity index (χ1v) is 6.24. The van der Waals surface area contributed by atoms with Gasteiger partial charge in [-0.1, -0.05) is 0 Å². The molecule has 0 saturated heterocycles. The molecule has 5 heteroatoms. The molecule has 0 atom stereocenters. The van der Waals surface area contributed by atoms with Crippen LogP contribution in [0.2, 0.25) is 0 Å². The molecule has 20 heavy (non-hydrogen) atoms. The summed E-state index contributed by atoms with van der Waals surface area (Å²) < 4.78 is 18.6. The molecule has 0 aliphatic heterocycles. The molecule has 0 bridgehead atoms. The van der Waals surface area contributed by atoms with Gasteiger partial charge in [0.25, 0.3) is 5.91 Å². The summed E-state index contributed by atoms with van der Waals surface area (Å²) in [6.45, 7) is 2.38. The lowest BCUT2D eigenvalue weighted by Gasteiger charge is -2.09. The first-order chi connectivity index (χ1) is 9.65. The minimum atomic E-state index is -0.383. The van der Waals surface area contributed by atoms with E-state index in [0.717, 1.165) is 0 Å². The largest absolute Gasteiger partial charge is 0.496 e. The van der Waals surface area contributed by atoms with Crippen molar-refractivity contribution in [3.8, 4) is 17.0 Å². The number of benzene rings is 1. The number of methoxy groups -OCH3 is 1. The van der Waals surface area contributed by atoms with Crippen LogP contribution in [0.1, 0.15) is 17.3 Å². The summed E-state index contributed by atoms with van der Waals surface area (Å²) in [5, 5.41) is 2.71. The first-order valence-electron chi connectivity index (χ1n) is 6.24. The number of hydrogen-bond donors (Lipinski definition) is 1. The van der Waals surface area contributed by atoms with Crippen LogP contribution in [-0.2, 0) is 0 Å². The van der Waals surface area contributed by atoms with E-state index in [1.165, 1.54) is 31.5 Å². The smallest absolute Gasteiger partial charge is 0.251 e. The Labute approximate surface area is 116 Å². The number of pyridine rings is 1. The Balaban J connectivity index is 2.45. The molecular formula is C15H15FN2O2. The summed E-state index contributed by atoms with van der Waals surface area (Å²) in [5.41, 5.74) is 1.48. The average Bonchev–Trinajstić information content (AvgIpc) is 2.47. The van der Waals surface area contributed by atoms with E-state index in [1.54, 1.807) is 12.1 Å². The lowest BCUT2D eigenvalue weighted by Crippen LogP contribution is -2.22. The molecule has 1 aromatic heterocycles. The molecule has 104 valence electrons. The van der Waals surface area contributed by atoms with Gasteiger partial charge in [0, 0.05) is 23.9 Å². The summed E-state index contributed by atoms with van der Waals surface area (Å²) in [4.78, 5) is 16.0. The fraction of sp³-hybridized carbons (Fsp3) is 0.200. The topological polar surface area (TPSA) is 51.2 Å². The summed E-state index contributed by atoms with van der Waals surface area (Å²) in [6, 6.07) is 7.41. The quantitative estimate of drug-likeness (QED) is 0.932. The minimum Gasteiger partial charge on any atom is -0.496 e. The second kappa shape index (κ2) is 6.14. The van der Waals surface area contributed by atoms with Gasteiger partial charge in [-0.05, 0) is 37.3 Å². The number of rotatable bonds is 4. The van der Waals surface area contributed by atoms with Gasteiger partial charge in [-0.25, -0.2) is 4.39 Å². The van der Waals surface area contributed by atoms with Crippen LogP contribution in [0, 0.1) is 5.82 Å². The third-order valence-electron chi connectivity index (χ3n) is 2.80. The lowest BCUT2D eigenvalue weighted by atomic mass is 10.1. The first kappa shape index (κ1) is 14.0. The van der Waals surface area contributed by atoms with E-state index in [-0.39, 0.29) is 11.7 Å². The Morgan fingerprint density at radius 2 is 2.15 bits per heavy atom. The molecule has 0 fully saturated rings. The molecule has 0 aliphatic rings. The normalized spacial score (nSPS) is 10.2. The number of hydrogen-bond acceptors (Lipinski definition) is 3. The molecule has 0 unspecified atom stereocenters. The van der Waals surface area contributed by atoms with Crippen LogP contribution in [-0.4, -0.2) is 24.5 Å². The Kier molecular flexibility index (Phi) is 4.30. The van der Waals surface area contributed by atoms with E-state index in [2.05, 4.69) is 10.3 Å². The third kappa shape index (κ3) is 2.93. The van der Waals surface area contributed by atoms with Crippen molar-refractivity contribution in [2.75, 3.05) is 13.7 Å². The highest BCUT2D eigenvalue weighted by Crippen LogP contribution is 2.29. The highest BCUT2D eigenvalue weighted by Gasteiger charge is 2.11. The van der Waals surface area contributed by atoms with Crippen LogP contribution >= 0.6 is 0 Å². The number of amides is 1. The van der Waals surface area contributed by atoms with Gasteiger partial charge in [0.15, 0.2) is 0 Å². The lowest BCUT2D eigenvalue weighted by molar-refractivity contribution is 0.0955. The average molecular weight is 274 g/mol. The van der Waals surface area contributed by atoms with Gasteiger partial charge in [-0.15, -0.1) is 0 Å². The molecule has 0 radical (unpaired) electrons. The van der Waals surface area contributed by atoms with Crippen LogP contribution in [0.5, 0.6) is 5.75 Å². The second-order valence-corrected chi connectivity index (χ2v) is 4.13. The van der Waals surface area contributed by atoms with Gasteiger partial charge in [0.1, 0.15) is 11.6 Å². The van der Waals surface area contributed by atoms with Gasteiger partial charge in [-0.2, -0.15) is 0 Å². The van der Waals surface area contributed by atoms with Gasteiger partial charge < -0.3 is 10.1 Å². The molecule has 2 rings (SSSR count). The zero-order valence-corrected chi connectivity index (χ0v) is 11.3. The van der Waals surface area contributed by atoms with Crippen molar-refractivity contribution >= 4 is 5.91 Å². The number of carbonyl (C=O) groups excluding carboxylic acids is 1. The molecule has 4 nitrogen and oxygen atoms in total. The molecule has 0 aliphatic carbocycles. The van der Waals surface area contributed by atoms with Gasteiger partial charge in [0.2, 0.25) is 0 Å². The van der Waals surface area contributed by atoms with Crippen molar-refractivity contribution in [3.05, 3.63) is 47.9 Å². The van der Waals surface area contributed by atoms with Gasteiger partial charge in [-0.3, -0.25) is 9.78 Å². The molecule has 1 amide bonds. The van der Waals surface area contributed by atoms with Crippen LogP contribution in [0.25, 0.3) is 11.3 Å². The van der Waals surface area contributed by atoms with Crippen molar-refractivity contribution in [1.29, 1.82) is 0 Å². The predicted molar refractivity (Wildman–Crippen MR) is 74.2 cm³/mol. The standard InChI is InChI=1S/C15H15FN2O2/c1-3-17-15(19)10-6-7-18-13(8-10)12-9-11(16)4-5-14(12)20-2/h4-9H,3H2,1-2H3,(H,17,19). The molecule has 1 N–H and O–H groups in total. The maximum absolute atomic E-state index is 13.4. The maximum atomic E-state index is 13.4. The predicted octanol–water partition coefficient (Wildman–Crippen LogP) is 2.65. The third-order valence-corrected chi connectivity index (χ3v) is 2.80. The molecule has 2 aromatic rings. The van der Waals surface area contributed by atoms with Crippen LogP contribution in [0.3, 0.4) is 0 Å². The molecule has 0 saturated carbocycles. The van der Waals surface area contributed by atoms with E-state index >= 15 is 0 Å². The number of nitrogens with one attached hydrogen (secondary N) is 1. The fourth-order valence-corrected chi connectivity index (χ4v) is 1.86. The van der Waals surface area contributed by atoms with Gasteiger partial charge in [0.05, 0.1) is 12.8 Å². The Hall–Kier alpha value is -2.43. The maximum Gasteiger partial charge on any atom is 0.251 e. The zero-order chi connectivity index (χ0) is 14.5. The van der Waals surface area contributed by atoms with E-state index in [0.29, 0.717) is 29.1 Å². The summed E-state index contributed by atoms with van der Waals surface area (Å²) in [6.07, 6.45) is 1.52. The summed E-state index contributed by atoms with van der Waals surface area (Å²) in [5.74, 6) is -0.0653. The number of halogens is 1. The number of ether oxygens (including phenoxy) is 1. The van der Waals surface area contributed by atoms with Crippen molar-refractivity contribution in [2.45, 2.75) is 6.92 Å². The summed E-state index contributed by atoms with van der Waals surface area (Å²) in [7, 11) is 1.50. The minimum absolute atomic E-state index is 0.188. The molecule has 0 spiro atoms. The number of nitrogens with zero attached hydrogens (tertiary/aromatic N) is 1. The molecule has 1 aromatic carbocycles. The van der Waals surface area contributed by atoms with E-state index < -0.39 is 0 Å². The number of aromatic nitrogens is 1. The highest BCUT2D eigenvalue weighted by molar-refractivity contribution is 5.95. The van der Waals surface area contributed by atoms with Crippen LogP contribution in [0.4, 0.5) is 4.39 Å².